The Kier molecular flexibility index (Phi) is 9.64. The van der Waals surface area contributed by atoms with Crippen molar-refractivity contribution >= 4 is 17.3 Å². The molecule has 2 aliphatic carbocycles. The van der Waals surface area contributed by atoms with Crippen molar-refractivity contribution in [3.8, 4) is 17.2 Å². The number of ketones is 3. The van der Waals surface area contributed by atoms with E-state index in [2.05, 4.69) is 5.32 Å². The van der Waals surface area contributed by atoms with Crippen molar-refractivity contribution in [2.45, 2.75) is 62.4 Å². The first-order valence-corrected chi connectivity index (χ1v) is 14.8. The Hall–Kier alpha value is -3.39. The van der Waals surface area contributed by atoms with Crippen LogP contribution in [0.2, 0.25) is 0 Å². The molecule has 12 nitrogen and oxygen atoms in total. The van der Waals surface area contributed by atoms with Gasteiger partial charge in [-0.15, -0.1) is 0 Å². The van der Waals surface area contributed by atoms with Crippen LogP contribution >= 0.6 is 0 Å². The molecule has 2 aromatic rings. The lowest BCUT2D eigenvalue weighted by Gasteiger charge is -2.45. The zero-order valence-corrected chi connectivity index (χ0v) is 26.9. The number of methoxy groups -OCH3 is 6. The Labute approximate surface area is 262 Å². The van der Waals surface area contributed by atoms with Gasteiger partial charge >= 0.3 is 0 Å². The van der Waals surface area contributed by atoms with Gasteiger partial charge in [0.2, 0.25) is 5.78 Å². The topological polar surface area (TPSA) is 137 Å². The summed E-state index contributed by atoms with van der Waals surface area (Å²) in [6, 6.07) is 4.77. The number of hydrogen-bond donors (Lipinski definition) is 1. The van der Waals surface area contributed by atoms with Gasteiger partial charge in [0.05, 0.1) is 56.3 Å². The smallest absolute Gasteiger partial charge is 0.202 e. The van der Waals surface area contributed by atoms with Crippen LogP contribution < -0.4 is 19.5 Å². The molecule has 0 amide bonds. The molecule has 2 aromatic carbocycles. The van der Waals surface area contributed by atoms with Gasteiger partial charge in [-0.3, -0.25) is 14.4 Å². The highest BCUT2D eigenvalue weighted by Crippen LogP contribution is 2.53. The fourth-order valence-electron chi connectivity index (χ4n) is 7.11. The van der Waals surface area contributed by atoms with E-state index in [4.69, 9.17) is 37.9 Å². The quantitative estimate of drug-likeness (QED) is 0.335. The molecule has 0 aromatic heterocycles. The molecule has 244 valence electrons. The molecule has 0 spiro atoms. The van der Waals surface area contributed by atoms with E-state index in [0.717, 1.165) is 0 Å². The summed E-state index contributed by atoms with van der Waals surface area (Å²) in [5, 5.41) is 3.28. The van der Waals surface area contributed by atoms with Crippen molar-refractivity contribution in [3.05, 3.63) is 51.6 Å². The van der Waals surface area contributed by atoms with Gasteiger partial charge in [0, 0.05) is 63.3 Å². The molecule has 0 bridgehead atoms. The van der Waals surface area contributed by atoms with Crippen LogP contribution in [-0.4, -0.2) is 104 Å². The minimum absolute atomic E-state index is 0.0208. The number of likely N-dealkylation sites (N-methyl/N-ethyl adjacent to an activating group) is 1. The molecule has 45 heavy (non-hydrogen) atoms. The van der Waals surface area contributed by atoms with Crippen LogP contribution in [0.3, 0.4) is 0 Å². The number of carbonyl (C=O) groups is 3. The predicted molar refractivity (Wildman–Crippen MR) is 161 cm³/mol. The average Bonchev–Trinajstić information content (AvgIpc) is 3.05. The number of rotatable bonds is 11. The second-order valence-corrected chi connectivity index (χ2v) is 11.4. The zero-order valence-electron chi connectivity index (χ0n) is 26.9. The lowest BCUT2D eigenvalue weighted by atomic mass is 9.71. The molecule has 5 rings (SSSR count). The molecule has 3 aliphatic rings. The summed E-state index contributed by atoms with van der Waals surface area (Å²) in [6.07, 6.45) is -1.62. The molecular weight excluding hydrogens is 586 g/mol. The Balaban J connectivity index is 1.74. The fraction of sp³-hybridized carbons (Fsp3) is 0.545. The van der Waals surface area contributed by atoms with Crippen LogP contribution in [0.1, 0.15) is 68.8 Å². The normalized spacial score (nSPS) is 27.3. The molecule has 0 radical (unpaired) electrons. The highest BCUT2D eigenvalue weighted by Gasteiger charge is 2.52. The van der Waals surface area contributed by atoms with E-state index in [9.17, 15) is 14.4 Å². The fourth-order valence-corrected chi connectivity index (χ4v) is 7.11. The molecule has 6 atom stereocenters. The Morgan fingerprint density at radius 3 is 2.29 bits per heavy atom. The van der Waals surface area contributed by atoms with E-state index in [1.54, 1.807) is 25.3 Å². The molecule has 1 N–H and O–H groups in total. The summed E-state index contributed by atoms with van der Waals surface area (Å²) in [4.78, 5) is 42.1. The van der Waals surface area contributed by atoms with Gasteiger partial charge < -0.3 is 43.2 Å². The molecule has 1 fully saturated rings. The highest BCUT2D eigenvalue weighted by atomic mass is 16.7. The molecule has 0 unspecified atom stereocenters. The van der Waals surface area contributed by atoms with E-state index in [1.165, 1.54) is 35.5 Å². The largest absolute Gasteiger partial charge is 0.496 e. The third-order valence-electron chi connectivity index (χ3n) is 9.23. The van der Waals surface area contributed by atoms with Crippen LogP contribution in [0.4, 0.5) is 0 Å². The molecular formula is C33H41NO11. The minimum Gasteiger partial charge on any atom is -0.496 e. The minimum atomic E-state index is -1.40. The predicted octanol–water partition coefficient (Wildman–Crippen LogP) is 2.83. The van der Waals surface area contributed by atoms with Crippen LogP contribution in [0, 0.1) is 0 Å². The van der Waals surface area contributed by atoms with Gasteiger partial charge in [-0.25, -0.2) is 0 Å². The Bertz CT molecular complexity index is 1490. The summed E-state index contributed by atoms with van der Waals surface area (Å²) in [5.74, 6) is -0.618. The first-order valence-electron chi connectivity index (χ1n) is 14.8. The lowest BCUT2D eigenvalue weighted by Crippen LogP contribution is -2.54. The van der Waals surface area contributed by atoms with Crippen molar-refractivity contribution in [1.82, 2.24) is 5.32 Å². The Morgan fingerprint density at radius 1 is 0.978 bits per heavy atom. The maximum atomic E-state index is 14.3. The number of ether oxygens (including phenoxy) is 8. The summed E-state index contributed by atoms with van der Waals surface area (Å²) in [7, 11) is 10.7. The maximum Gasteiger partial charge on any atom is 0.202 e. The van der Waals surface area contributed by atoms with Gasteiger partial charge in [0.15, 0.2) is 17.9 Å². The molecule has 1 heterocycles. The number of benzene rings is 2. The van der Waals surface area contributed by atoms with Gasteiger partial charge in [-0.1, -0.05) is 12.1 Å². The van der Waals surface area contributed by atoms with E-state index < -0.39 is 29.6 Å². The molecule has 1 saturated heterocycles. The van der Waals surface area contributed by atoms with E-state index in [1.807, 2.05) is 14.0 Å². The zero-order chi connectivity index (χ0) is 32.6. The van der Waals surface area contributed by atoms with Crippen LogP contribution in [-0.2, 0) is 34.9 Å². The first-order chi connectivity index (χ1) is 21.6. The molecule has 1 aliphatic heterocycles. The number of carbonyl (C=O) groups excluding carboxylic acids is 3. The second-order valence-electron chi connectivity index (χ2n) is 11.4. The number of Topliss-reactive ketones (excluding diaryl/α,β-unsaturated/α-hetero) is 1. The van der Waals surface area contributed by atoms with Crippen LogP contribution in [0.15, 0.2) is 18.2 Å². The van der Waals surface area contributed by atoms with Crippen LogP contribution in [0.5, 0.6) is 17.2 Å². The average molecular weight is 628 g/mol. The first kappa shape index (κ1) is 33.0. The second kappa shape index (κ2) is 13.1. The van der Waals surface area contributed by atoms with Crippen LogP contribution in [0.25, 0.3) is 0 Å². The third kappa shape index (κ3) is 5.33. The SMILES string of the molecule is CN[C@@H]1C[C@@H](O[C@@H]2C[C@@](OC)(C(=O)COC)Cc3c(OC)c4c(c(OC)c32)C(=O)c2c(OC)cccc2C4=O)O[C@H](C)[C@@H]1OC. The summed E-state index contributed by atoms with van der Waals surface area (Å²) in [6.45, 7) is 1.69. The maximum absolute atomic E-state index is 14.3. The van der Waals surface area contributed by atoms with E-state index >= 15 is 0 Å². The van der Waals surface area contributed by atoms with Crippen molar-refractivity contribution in [1.29, 1.82) is 0 Å². The van der Waals surface area contributed by atoms with Gasteiger partial charge in [0.1, 0.15) is 29.5 Å². The highest BCUT2D eigenvalue weighted by molar-refractivity contribution is 6.31. The van der Waals surface area contributed by atoms with Gasteiger partial charge in [0.25, 0.3) is 0 Å². The van der Waals surface area contributed by atoms with Crippen molar-refractivity contribution in [2.75, 3.05) is 56.3 Å². The number of fused-ring (bicyclic) bond motifs is 3. The van der Waals surface area contributed by atoms with Crippen molar-refractivity contribution in [2.24, 2.45) is 0 Å². The standard InChI is InChI=1S/C33H41NO11/c1-16-30(40-5)19(34-2)12-23(44-16)45-21-14-33(43-8,22(35)15-38-3)13-18-25(21)32(42-7)27-26(31(18)41-6)28(36)17-10-9-11-20(39-4)24(17)29(27)37/h9-11,16,19,21,23,30,34H,12-15H2,1-8H3/t16-,19-,21-,23-,30+,33-/m1/s1. The number of hydrogen-bond acceptors (Lipinski definition) is 12. The Morgan fingerprint density at radius 2 is 1.69 bits per heavy atom. The van der Waals surface area contributed by atoms with Crippen molar-refractivity contribution < 1.29 is 52.3 Å². The molecule has 12 heteroatoms. The van der Waals surface area contributed by atoms with Gasteiger partial charge in [-0.2, -0.15) is 0 Å². The summed E-state index contributed by atoms with van der Waals surface area (Å²) >= 11 is 0. The lowest BCUT2D eigenvalue weighted by molar-refractivity contribution is -0.253. The monoisotopic (exact) mass is 627 g/mol. The molecule has 0 saturated carbocycles. The number of nitrogens with one attached hydrogen (secondary N) is 1. The van der Waals surface area contributed by atoms with Gasteiger partial charge in [-0.05, 0) is 20.0 Å². The van der Waals surface area contributed by atoms with E-state index in [0.29, 0.717) is 17.5 Å². The van der Waals surface area contributed by atoms with E-state index in [-0.39, 0.29) is 83.0 Å². The summed E-state index contributed by atoms with van der Waals surface area (Å²) < 4.78 is 47.2. The summed E-state index contributed by atoms with van der Waals surface area (Å²) in [5.41, 5.74) is -0.0460. The van der Waals surface area contributed by atoms with Crippen molar-refractivity contribution in [3.63, 3.8) is 0 Å². The third-order valence-corrected chi connectivity index (χ3v) is 9.23.